The molecule has 11 heteroatoms. The van der Waals surface area contributed by atoms with Crippen molar-refractivity contribution in [2.45, 2.75) is 24.8 Å². The van der Waals surface area contributed by atoms with E-state index in [1.807, 2.05) is 11.8 Å². The minimum atomic E-state index is -3.58. The first kappa shape index (κ1) is 23.1. The van der Waals surface area contributed by atoms with Crippen LogP contribution in [0.5, 0.6) is 0 Å². The summed E-state index contributed by atoms with van der Waals surface area (Å²) in [6.07, 6.45) is 0. The number of rotatable bonds is 6. The molecule has 0 aromatic heterocycles. The number of halogens is 1. The highest BCUT2D eigenvalue weighted by Gasteiger charge is 2.32. The molecule has 2 aromatic rings. The van der Waals surface area contributed by atoms with Crippen LogP contribution in [0, 0.1) is 17.0 Å². The van der Waals surface area contributed by atoms with E-state index in [-0.39, 0.29) is 40.3 Å². The van der Waals surface area contributed by atoms with Crippen LogP contribution in [-0.4, -0.2) is 60.7 Å². The molecule has 2 aromatic carbocycles. The van der Waals surface area contributed by atoms with Gasteiger partial charge in [-0.1, -0.05) is 29.3 Å². The monoisotopic (exact) mass is 466 g/mol. The van der Waals surface area contributed by atoms with Crippen LogP contribution in [-0.2, 0) is 14.8 Å². The minimum Gasteiger partial charge on any atom is -0.323 e. The van der Waals surface area contributed by atoms with Crippen LogP contribution < -0.4 is 5.32 Å². The number of sulfonamides is 1. The normalized spacial score (nSPS) is 16.6. The van der Waals surface area contributed by atoms with E-state index in [0.29, 0.717) is 13.1 Å². The molecule has 1 fully saturated rings. The first-order valence-electron chi connectivity index (χ1n) is 9.65. The molecular weight excluding hydrogens is 444 g/mol. The maximum atomic E-state index is 12.8. The molecule has 1 aliphatic rings. The van der Waals surface area contributed by atoms with Gasteiger partial charge in [0, 0.05) is 38.3 Å². The van der Waals surface area contributed by atoms with Crippen molar-refractivity contribution in [3.8, 4) is 0 Å². The topological polar surface area (TPSA) is 113 Å². The zero-order chi connectivity index (χ0) is 22.8. The number of nitro benzene ring substituents is 1. The zero-order valence-corrected chi connectivity index (χ0v) is 18.7. The highest BCUT2D eigenvalue weighted by molar-refractivity contribution is 7.89. The quantitative estimate of drug-likeness (QED) is 0.517. The molecule has 31 heavy (non-hydrogen) atoms. The summed E-state index contributed by atoms with van der Waals surface area (Å²) in [5.74, 6) is -0.328. The molecule has 1 N–H and O–H groups in total. The summed E-state index contributed by atoms with van der Waals surface area (Å²) >= 11 is 6.04. The minimum absolute atomic E-state index is 0.0729. The van der Waals surface area contributed by atoms with Crippen molar-refractivity contribution in [1.29, 1.82) is 0 Å². The summed E-state index contributed by atoms with van der Waals surface area (Å²) in [5, 5.41) is 13.6. The van der Waals surface area contributed by atoms with Crippen LogP contribution in [0.4, 0.5) is 11.4 Å². The SMILES string of the molecule is Cc1ccc(S(=O)(=O)N2CCN(C(C)C(=O)Nc3ccc([N+](=O)[O-])cc3Cl)CC2)cc1. The Balaban J connectivity index is 1.61. The van der Waals surface area contributed by atoms with Crippen molar-refractivity contribution in [3.05, 3.63) is 63.2 Å². The van der Waals surface area contributed by atoms with Gasteiger partial charge in [-0.15, -0.1) is 0 Å². The Morgan fingerprint density at radius 2 is 1.74 bits per heavy atom. The number of hydrogen-bond donors (Lipinski definition) is 1. The van der Waals surface area contributed by atoms with Gasteiger partial charge in [0.1, 0.15) is 0 Å². The summed E-state index contributed by atoms with van der Waals surface area (Å²) in [5.41, 5.74) is 1.10. The lowest BCUT2D eigenvalue weighted by Gasteiger charge is -2.36. The van der Waals surface area contributed by atoms with E-state index in [4.69, 9.17) is 11.6 Å². The van der Waals surface area contributed by atoms with Crippen molar-refractivity contribution < 1.29 is 18.1 Å². The number of nitrogens with zero attached hydrogens (tertiary/aromatic N) is 3. The van der Waals surface area contributed by atoms with Crippen molar-refractivity contribution in [2.75, 3.05) is 31.5 Å². The highest BCUT2D eigenvalue weighted by atomic mass is 35.5. The number of anilines is 1. The standard InChI is InChI=1S/C20H23ClN4O5S/c1-14-3-6-17(7-4-14)31(29,30)24-11-9-23(10-12-24)15(2)20(26)22-19-8-5-16(25(27)28)13-18(19)21/h3-8,13,15H,9-12H2,1-2H3,(H,22,26). The molecule has 1 atom stereocenters. The van der Waals surface area contributed by atoms with Crippen LogP contribution >= 0.6 is 11.6 Å². The first-order valence-corrected chi connectivity index (χ1v) is 11.5. The Kier molecular flexibility index (Phi) is 6.95. The van der Waals surface area contributed by atoms with Gasteiger partial charge in [-0.25, -0.2) is 8.42 Å². The Bertz CT molecular complexity index is 1080. The second-order valence-corrected chi connectivity index (χ2v) is 9.68. The van der Waals surface area contributed by atoms with Crippen LogP contribution in [0.1, 0.15) is 12.5 Å². The van der Waals surface area contributed by atoms with Crippen LogP contribution in [0.15, 0.2) is 47.4 Å². The van der Waals surface area contributed by atoms with Crippen LogP contribution in [0.2, 0.25) is 5.02 Å². The molecule has 3 rings (SSSR count). The van der Waals surface area contributed by atoms with Gasteiger partial charge < -0.3 is 5.32 Å². The van der Waals surface area contributed by atoms with Crippen molar-refractivity contribution in [2.24, 2.45) is 0 Å². The van der Waals surface area contributed by atoms with E-state index in [0.717, 1.165) is 5.56 Å². The molecule has 1 unspecified atom stereocenters. The van der Waals surface area contributed by atoms with E-state index in [2.05, 4.69) is 5.32 Å². The van der Waals surface area contributed by atoms with Crippen LogP contribution in [0.3, 0.4) is 0 Å². The lowest BCUT2D eigenvalue weighted by atomic mass is 10.2. The van der Waals surface area contributed by atoms with Gasteiger partial charge in [-0.2, -0.15) is 4.31 Å². The van der Waals surface area contributed by atoms with Gasteiger partial charge in [-0.3, -0.25) is 19.8 Å². The van der Waals surface area contributed by atoms with E-state index >= 15 is 0 Å². The molecule has 166 valence electrons. The average Bonchev–Trinajstić information content (AvgIpc) is 2.74. The van der Waals surface area contributed by atoms with Gasteiger partial charge in [0.2, 0.25) is 15.9 Å². The molecular formula is C20H23ClN4O5S. The number of hydrogen-bond acceptors (Lipinski definition) is 6. The maximum Gasteiger partial charge on any atom is 0.271 e. The van der Waals surface area contributed by atoms with Crippen molar-refractivity contribution in [1.82, 2.24) is 9.21 Å². The van der Waals surface area contributed by atoms with E-state index in [1.165, 1.54) is 22.5 Å². The predicted octanol–water partition coefficient (Wildman–Crippen LogP) is 2.89. The maximum absolute atomic E-state index is 12.8. The second kappa shape index (κ2) is 9.31. The lowest BCUT2D eigenvalue weighted by Crippen LogP contribution is -2.53. The Hall–Kier alpha value is -2.53. The molecule has 1 aliphatic heterocycles. The van der Waals surface area contributed by atoms with Gasteiger partial charge >= 0.3 is 0 Å². The third-order valence-corrected chi connectivity index (χ3v) is 7.51. The third kappa shape index (κ3) is 5.21. The van der Waals surface area contributed by atoms with E-state index in [9.17, 15) is 23.3 Å². The second-order valence-electron chi connectivity index (χ2n) is 7.34. The highest BCUT2D eigenvalue weighted by Crippen LogP contribution is 2.27. The number of aryl methyl sites for hydroxylation is 1. The van der Waals surface area contributed by atoms with Gasteiger partial charge in [0.05, 0.1) is 26.6 Å². The smallest absolute Gasteiger partial charge is 0.271 e. The molecule has 1 saturated heterocycles. The third-order valence-electron chi connectivity index (χ3n) is 5.28. The Morgan fingerprint density at radius 3 is 2.29 bits per heavy atom. The van der Waals surface area contributed by atoms with E-state index < -0.39 is 21.0 Å². The molecule has 0 bridgehead atoms. The Morgan fingerprint density at radius 1 is 1.13 bits per heavy atom. The van der Waals surface area contributed by atoms with Crippen molar-refractivity contribution in [3.63, 3.8) is 0 Å². The number of carbonyl (C=O) groups excluding carboxylic acids is 1. The Labute approximate surface area is 185 Å². The average molecular weight is 467 g/mol. The largest absolute Gasteiger partial charge is 0.323 e. The number of benzene rings is 2. The van der Waals surface area contributed by atoms with Gasteiger partial charge in [-0.05, 0) is 32.0 Å². The number of nitro groups is 1. The fourth-order valence-electron chi connectivity index (χ4n) is 3.31. The predicted molar refractivity (Wildman–Crippen MR) is 118 cm³/mol. The zero-order valence-electron chi connectivity index (χ0n) is 17.1. The number of nitrogens with one attached hydrogen (secondary N) is 1. The molecule has 1 heterocycles. The lowest BCUT2D eigenvalue weighted by molar-refractivity contribution is -0.384. The molecule has 1 amide bonds. The molecule has 0 aliphatic carbocycles. The number of piperazine rings is 1. The van der Waals surface area contributed by atoms with Crippen molar-refractivity contribution >= 4 is 38.9 Å². The number of carbonyl (C=O) groups is 1. The molecule has 9 nitrogen and oxygen atoms in total. The summed E-state index contributed by atoms with van der Waals surface area (Å²) in [7, 11) is -3.58. The number of amides is 1. The van der Waals surface area contributed by atoms with Crippen LogP contribution in [0.25, 0.3) is 0 Å². The molecule has 0 saturated carbocycles. The molecule has 0 spiro atoms. The summed E-state index contributed by atoms with van der Waals surface area (Å²) in [6.45, 7) is 4.95. The van der Waals surface area contributed by atoms with Gasteiger partial charge in [0.25, 0.3) is 5.69 Å². The fraction of sp³-hybridized carbons (Fsp3) is 0.350. The van der Waals surface area contributed by atoms with Gasteiger partial charge in [0.15, 0.2) is 0 Å². The first-order chi connectivity index (χ1) is 14.6. The fourth-order valence-corrected chi connectivity index (χ4v) is 4.96. The summed E-state index contributed by atoms with van der Waals surface area (Å²) in [6, 6.07) is 10.0. The summed E-state index contributed by atoms with van der Waals surface area (Å²) in [4.78, 5) is 25.0. The van der Waals surface area contributed by atoms with E-state index in [1.54, 1.807) is 31.2 Å². The summed E-state index contributed by atoms with van der Waals surface area (Å²) < 4.78 is 27.1. The molecule has 0 radical (unpaired) electrons. The number of non-ortho nitro benzene ring substituents is 1.